The van der Waals surface area contributed by atoms with Gasteiger partial charge >= 0.3 is 5.97 Å². The van der Waals surface area contributed by atoms with E-state index in [1.807, 2.05) is 4.90 Å². The molecule has 1 heterocycles. The monoisotopic (exact) mass is 272 g/mol. The number of aliphatic hydroxyl groups excluding tert-OH is 1. The molecule has 0 aromatic rings. The van der Waals surface area contributed by atoms with Gasteiger partial charge in [-0.25, -0.2) is 0 Å². The molecule has 1 aliphatic heterocycles. The molecule has 1 aliphatic rings. The molecule has 19 heavy (non-hydrogen) atoms. The van der Waals surface area contributed by atoms with Gasteiger partial charge in [-0.3, -0.25) is 9.59 Å². The van der Waals surface area contributed by atoms with Crippen LogP contribution < -0.4 is 5.32 Å². The Morgan fingerprint density at radius 1 is 1.37 bits per heavy atom. The van der Waals surface area contributed by atoms with Crippen LogP contribution in [0, 0.1) is 0 Å². The van der Waals surface area contributed by atoms with E-state index in [1.165, 1.54) is 0 Å². The number of esters is 1. The lowest BCUT2D eigenvalue weighted by Crippen LogP contribution is -2.34. The summed E-state index contributed by atoms with van der Waals surface area (Å²) in [7, 11) is 0. The van der Waals surface area contributed by atoms with Gasteiger partial charge in [-0.1, -0.05) is 0 Å². The maximum absolute atomic E-state index is 11.7. The molecule has 0 spiro atoms. The fraction of sp³-hybridized carbons (Fsp3) is 0.846. The van der Waals surface area contributed by atoms with Crippen molar-refractivity contribution in [1.82, 2.24) is 10.2 Å². The molecular formula is C13H24N2O4. The Bertz CT molecular complexity index is 290. The molecule has 0 aromatic carbocycles. The summed E-state index contributed by atoms with van der Waals surface area (Å²) in [6.07, 6.45) is 1.85. The number of carbonyl (C=O) groups excluding carboxylic acids is 2. The van der Waals surface area contributed by atoms with E-state index in [0.29, 0.717) is 26.1 Å². The van der Waals surface area contributed by atoms with Crippen LogP contribution in [0.4, 0.5) is 0 Å². The van der Waals surface area contributed by atoms with Crippen LogP contribution in [0.2, 0.25) is 0 Å². The lowest BCUT2D eigenvalue weighted by molar-refractivity contribution is -0.145. The van der Waals surface area contributed by atoms with Crippen molar-refractivity contribution in [3.05, 3.63) is 0 Å². The Labute approximate surface area is 114 Å². The topological polar surface area (TPSA) is 78.9 Å². The second kappa shape index (κ2) is 8.87. The molecule has 6 heteroatoms. The van der Waals surface area contributed by atoms with Crippen LogP contribution in [-0.2, 0) is 14.3 Å². The third-order valence-corrected chi connectivity index (χ3v) is 3.06. The van der Waals surface area contributed by atoms with E-state index >= 15 is 0 Å². The summed E-state index contributed by atoms with van der Waals surface area (Å²) in [6.45, 7) is 4.60. The molecule has 1 fully saturated rings. The first-order chi connectivity index (χ1) is 9.13. The Kier molecular flexibility index (Phi) is 7.43. The van der Waals surface area contributed by atoms with E-state index < -0.39 is 12.1 Å². The molecule has 0 radical (unpaired) electrons. The van der Waals surface area contributed by atoms with Gasteiger partial charge in [0.25, 0.3) is 0 Å². The van der Waals surface area contributed by atoms with Crippen molar-refractivity contribution < 1.29 is 19.4 Å². The van der Waals surface area contributed by atoms with Crippen LogP contribution in [-0.4, -0.2) is 60.8 Å². The quantitative estimate of drug-likeness (QED) is 0.476. The Morgan fingerprint density at radius 2 is 2.05 bits per heavy atom. The minimum Gasteiger partial charge on any atom is -0.466 e. The lowest BCUT2D eigenvalue weighted by atomic mass is 10.2. The van der Waals surface area contributed by atoms with Crippen molar-refractivity contribution in [2.45, 2.75) is 38.7 Å². The van der Waals surface area contributed by atoms with Crippen molar-refractivity contribution in [1.29, 1.82) is 0 Å². The summed E-state index contributed by atoms with van der Waals surface area (Å²) in [4.78, 5) is 24.7. The molecular weight excluding hydrogens is 248 g/mol. The first kappa shape index (κ1) is 15.9. The number of aliphatic hydroxyl groups is 1. The summed E-state index contributed by atoms with van der Waals surface area (Å²) in [5.41, 5.74) is 0. The maximum atomic E-state index is 11.7. The summed E-state index contributed by atoms with van der Waals surface area (Å²) < 4.78 is 4.74. The molecule has 1 rings (SSSR count). The standard InChI is InChI=1S/C13H24N2O4/c1-2-19-13(18)9-11(16)10-14-6-5-12(17)15-7-3-4-8-15/h11,14,16H,2-10H2,1H3. The van der Waals surface area contributed by atoms with E-state index in [2.05, 4.69) is 5.32 Å². The van der Waals surface area contributed by atoms with E-state index in [1.54, 1.807) is 6.92 Å². The summed E-state index contributed by atoms with van der Waals surface area (Å²) in [5.74, 6) is -0.241. The number of rotatable bonds is 8. The number of nitrogens with one attached hydrogen (secondary N) is 1. The Balaban J connectivity index is 2.03. The zero-order valence-corrected chi connectivity index (χ0v) is 11.6. The third-order valence-electron chi connectivity index (χ3n) is 3.06. The molecule has 0 aliphatic carbocycles. The Morgan fingerprint density at radius 3 is 2.68 bits per heavy atom. The van der Waals surface area contributed by atoms with E-state index in [9.17, 15) is 14.7 Å². The van der Waals surface area contributed by atoms with Crippen molar-refractivity contribution in [2.75, 3.05) is 32.8 Å². The Hall–Kier alpha value is -1.14. The van der Waals surface area contributed by atoms with Gasteiger partial charge in [0.2, 0.25) is 5.91 Å². The maximum Gasteiger partial charge on any atom is 0.308 e. The van der Waals surface area contributed by atoms with Gasteiger partial charge in [0.15, 0.2) is 0 Å². The van der Waals surface area contributed by atoms with E-state index in [4.69, 9.17) is 4.74 Å². The van der Waals surface area contributed by atoms with Gasteiger partial charge in [0, 0.05) is 32.6 Å². The summed E-state index contributed by atoms with van der Waals surface area (Å²) in [5, 5.41) is 12.5. The fourth-order valence-electron chi connectivity index (χ4n) is 2.07. The normalized spacial score (nSPS) is 16.4. The highest BCUT2D eigenvalue weighted by Crippen LogP contribution is 2.08. The van der Waals surface area contributed by atoms with Crippen LogP contribution >= 0.6 is 0 Å². The van der Waals surface area contributed by atoms with Crippen molar-refractivity contribution in [3.63, 3.8) is 0 Å². The predicted octanol–water partition coefficient (Wildman–Crippen LogP) is -0.0974. The number of likely N-dealkylation sites (tertiary alicyclic amines) is 1. The SMILES string of the molecule is CCOC(=O)CC(O)CNCCC(=O)N1CCCC1. The van der Waals surface area contributed by atoms with Crippen molar-refractivity contribution in [3.8, 4) is 0 Å². The highest BCUT2D eigenvalue weighted by atomic mass is 16.5. The molecule has 0 bridgehead atoms. The zero-order chi connectivity index (χ0) is 14.1. The highest BCUT2D eigenvalue weighted by molar-refractivity contribution is 5.76. The number of ether oxygens (including phenoxy) is 1. The summed E-state index contributed by atoms with van der Waals surface area (Å²) in [6, 6.07) is 0. The number of hydrogen-bond acceptors (Lipinski definition) is 5. The first-order valence-electron chi connectivity index (χ1n) is 6.95. The predicted molar refractivity (Wildman–Crippen MR) is 70.6 cm³/mol. The average molecular weight is 272 g/mol. The van der Waals surface area contributed by atoms with Gasteiger partial charge in [0.1, 0.15) is 0 Å². The van der Waals surface area contributed by atoms with Gasteiger partial charge in [0.05, 0.1) is 19.1 Å². The molecule has 1 amide bonds. The lowest BCUT2D eigenvalue weighted by Gasteiger charge is -2.16. The van der Waals surface area contributed by atoms with Crippen LogP contribution in [0.15, 0.2) is 0 Å². The zero-order valence-electron chi connectivity index (χ0n) is 11.6. The second-order valence-electron chi connectivity index (χ2n) is 4.70. The van der Waals surface area contributed by atoms with E-state index in [0.717, 1.165) is 25.9 Å². The smallest absolute Gasteiger partial charge is 0.308 e. The van der Waals surface area contributed by atoms with Crippen LogP contribution in [0.1, 0.15) is 32.6 Å². The molecule has 6 nitrogen and oxygen atoms in total. The van der Waals surface area contributed by atoms with Gasteiger partial charge in [-0.05, 0) is 19.8 Å². The number of hydrogen-bond donors (Lipinski definition) is 2. The fourth-order valence-corrected chi connectivity index (χ4v) is 2.07. The second-order valence-corrected chi connectivity index (χ2v) is 4.70. The third kappa shape index (κ3) is 6.54. The highest BCUT2D eigenvalue weighted by Gasteiger charge is 2.17. The molecule has 0 saturated carbocycles. The largest absolute Gasteiger partial charge is 0.466 e. The molecule has 1 saturated heterocycles. The minimum atomic E-state index is -0.763. The van der Waals surface area contributed by atoms with Crippen LogP contribution in [0.3, 0.4) is 0 Å². The molecule has 1 atom stereocenters. The van der Waals surface area contributed by atoms with Crippen LogP contribution in [0.5, 0.6) is 0 Å². The number of nitrogens with zero attached hydrogens (tertiary/aromatic N) is 1. The molecule has 1 unspecified atom stereocenters. The summed E-state index contributed by atoms with van der Waals surface area (Å²) >= 11 is 0. The average Bonchev–Trinajstić information content (AvgIpc) is 2.88. The number of amides is 1. The molecule has 2 N–H and O–H groups in total. The van der Waals surface area contributed by atoms with Crippen LogP contribution in [0.25, 0.3) is 0 Å². The van der Waals surface area contributed by atoms with Gasteiger partial charge < -0.3 is 20.1 Å². The van der Waals surface area contributed by atoms with Crippen molar-refractivity contribution in [2.24, 2.45) is 0 Å². The van der Waals surface area contributed by atoms with Gasteiger partial charge in [-0.15, -0.1) is 0 Å². The molecule has 0 aromatic heterocycles. The first-order valence-corrected chi connectivity index (χ1v) is 6.95. The minimum absolute atomic E-state index is 0.0130. The van der Waals surface area contributed by atoms with Gasteiger partial charge in [-0.2, -0.15) is 0 Å². The van der Waals surface area contributed by atoms with E-state index in [-0.39, 0.29) is 12.3 Å². The number of carbonyl (C=O) groups is 2. The molecule has 110 valence electrons. The van der Waals surface area contributed by atoms with Crippen molar-refractivity contribution >= 4 is 11.9 Å².